The van der Waals surface area contributed by atoms with E-state index in [0.29, 0.717) is 5.56 Å². The predicted molar refractivity (Wildman–Crippen MR) is 110 cm³/mol. The van der Waals surface area contributed by atoms with E-state index in [1.54, 1.807) is 12.7 Å². The van der Waals surface area contributed by atoms with E-state index in [0.717, 1.165) is 30.8 Å². The monoisotopic (exact) mass is 377 g/mol. The van der Waals surface area contributed by atoms with Crippen LogP contribution in [0, 0.1) is 18.3 Å². The van der Waals surface area contributed by atoms with Crippen molar-refractivity contribution in [2.24, 2.45) is 0 Å². The summed E-state index contributed by atoms with van der Waals surface area (Å²) in [6.07, 6.45) is 6.82. The van der Waals surface area contributed by atoms with Crippen molar-refractivity contribution >= 4 is 17.4 Å². The van der Waals surface area contributed by atoms with Gasteiger partial charge in [0.05, 0.1) is 17.3 Å². The van der Waals surface area contributed by atoms with Gasteiger partial charge in [-0.25, -0.2) is 4.68 Å². The van der Waals surface area contributed by atoms with Gasteiger partial charge in [-0.3, -0.25) is 5.01 Å². The molecule has 0 bridgehead atoms. The molecule has 1 heterocycles. The molecule has 0 radical (unpaired) electrons. The fourth-order valence-corrected chi connectivity index (χ4v) is 3.68. The molecule has 0 amide bonds. The third-order valence-electron chi connectivity index (χ3n) is 4.28. The number of anilines is 1. The van der Waals surface area contributed by atoms with Gasteiger partial charge in [-0.2, -0.15) is 5.26 Å². The highest BCUT2D eigenvalue weighted by Crippen LogP contribution is 2.21. The van der Waals surface area contributed by atoms with E-state index in [1.165, 1.54) is 16.9 Å². The first-order valence-corrected chi connectivity index (χ1v) is 10.1. The van der Waals surface area contributed by atoms with Crippen LogP contribution in [0.2, 0.25) is 0 Å². The first-order valence-electron chi connectivity index (χ1n) is 9.08. The second-order valence-electron chi connectivity index (χ2n) is 6.35. The zero-order chi connectivity index (χ0) is 18.9. The van der Waals surface area contributed by atoms with Crippen LogP contribution in [0.15, 0.2) is 66.1 Å². The molecule has 27 heavy (non-hydrogen) atoms. The van der Waals surface area contributed by atoms with Gasteiger partial charge >= 0.3 is 0 Å². The Morgan fingerprint density at radius 2 is 1.67 bits per heavy atom. The normalized spacial score (nSPS) is 10.5. The van der Waals surface area contributed by atoms with E-state index < -0.39 is 0 Å². The van der Waals surface area contributed by atoms with Crippen molar-refractivity contribution < 1.29 is 0 Å². The number of unbranched alkanes of at least 4 members (excludes halogenated alkanes) is 2. The quantitative estimate of drug-likeness (QED) is 0.400. The molecule has 0 aliphatic rings. The van der Waals surface area contributed by atoms with Gasteiger partial charge in [0.15, 0.2) is 0 Å². The molecule has 0 unspecified atom stereocenters. The van der Waals surface area contributed by atoms with Crippen LogP contribution in [0.1, 0.15) is 30.4 Å². The fourth-order valence-electron chi connectivity index (χ4n) is 2.77. The fraction of sp³-hybridized carbons (Fsp3) is 0.286. The van der Waals surface area contributed by atoms with Crippen molar-refractivity contribution in [3.8, 4) is 6.07 Å². The molecule has 0 saturated heterocycles. The number of aryl methyl sites for hydroxylation is 1. The SMILES string of the molecule is Cc1ccc(SCCCCCN(c2ccc(C#N)cc2)n2cnnc2)cc1. The van der Waals surface area contributed by atoms with Crippen LogP contribution < -0.4 is 5.01 Å². The maximum Gasteiger partial charge on any atom is 0.139 e. The van der Waals surface area contributed by atoms with Crippen molar-refractivity contribution in [1.29, 1.82) is 5.26 Å². The molecule has 0 spiro atoms. The summed E-state index contributed by atoms with van der Waals surface area (Å²) in [6, 6.07) is 18.5. The van der Waals surface area contributed by atoms with Gasteiger partial charge < -0.3 is 0 Å². The van der Waals surface area contributed by atoms with E-state index in [4.69, 9.17) is 5.26 Å². The molecule has 0 N–H and O–H groups in total. The number of aromatic nitrogens is 3. The van der Waals surface area contributed by atoms with Crippen LogP contribution in [0.3, 0.4) is 0 Å². The van der Waals surface area contributed by atoms with Crippen LogP contribution in [-0.4, -0.2) is 27.2 Å². The zero-order valence-electron chi connectivity index (χ0n) is 15.5. The lowest BCUT2D eigenvalue weighted by molar-refractivity contribution is 0.626. The molecule has 3 aromatic rings. The van der Waals surface area contributed by atoms with E-state index in [2.05, 4.69) is 52.5 Å². The Labute approximate surface area is 164 Å². The van der Waals surface area contributed by atoms with Gasteiger partial charge in [0.1, 0.15) is 12.7 Å². The molecule has 0 aliphatic heterocycles. The van der Waals surface area contributed by atoms with E-state index in [-0.39, 0.29) is 0 Å². The van der Waals surface area contributed by atoms with Crippen molar-refractivity contribution in [1.82, 2.24) is 14.9 Å². The second-order valence-corrected chi connectivity index (χ2v) is 7.51. The highest BCUT2D eigenvalue weighted by Gasteiger charge is 2.09. The summed E-state index contributed by atoms with van der Waals surface area (Å²) in [5, 5.41) is 18.9. The molecule has 5 nitrogen and oxygen atoms in total. The van der Waals surface area contributed by atoms with Gasteiger partial charge in [0, 0.05) is 11.4 Å². The Bertz CT molecular complexity index is 851. The Morgan fingerprint density at radius 3 is 2.33 bits per heavy atom. The summed E-state index contributed by atoms with van der Waals surface area (Å²) in [5.41, 5.74) is 3.00. The molecule has 0 fully saturated rings. The average Bonchev–Trinajstić information content (AvgIpc) is 3.23. The van der Waals surface area contributed by atoms with Gasteiger partial charge in [0.25, 0.3) is 0 Å². The van der Waals surface area contributed by atoms with Gasteiger partial charge in [-0.15, -0.1) is 22.0 Å². The standard InChI is InChI=1S/C21H23N5S/c1-18-5-11-21(12-6-18)27-14-4-2-3-13-26(25-16-23-24-17-25)20-9-7-19(15-22)8-10-20/h5-12,16-17H,2-4,13-14H2,1H3. The minimum atomic E-state index is 0.663. The summed E-state index contributed by atoms with van der Waals surface area (Å²) in [7, 11) is 0. The average molecular weight is 378 g/mol. The van der Waals surface area contributed by atoms with Gasteiger partial charge in [-0.1, -0.05) is 24.1 Å². The molecule has 1 aromatic heterocycles. The second kappa shape index (κ2) is 9.79. The summed E-state index contributed by atoms with van der Waals surface area (Å²) < 4.78 is 1.89. The number of hydrogen-bond acceptors (Lipinski definition) is 5. The molecule has 0 atom stereocenters. The maximum absolute atomic E-state index is 8.98. The van der Waals surface area contributed by atoms with Gasteiger partial charge in [0.2, 0.25) is 0 Å². The largest absolute Gasteiger partial charge is 0.279 e. The lowest BCUT2D eigenvalue weighted by Gasteiger charge is -2.24. The summed E-state index contributed by atoms with van der Waals surface area (Å²) in [4.78, 5) is 1.34. The van der Waals surface area contributed by atoms with Crippen LogP contribution >= 0.6 is 11.8 Å². The third kappa shape index (κ3) is 5.60. The molecular formula is C21H23N5S. The summed E-state index contributed by atoms with van der Waals surface area (Å²) >= 11 is 1.92. The minimum Gasteiger partial charge on any atom is -0.279 e. The van der Waals surface area contributed by atoms with Crippen LogP contribution in [0.5, 0.6) is 0 Å². The number of hydrogen-bond donors (Lipinski definition) is 0. The maximum atomic E-state index is 8.98. The van der Waals surface area contributed by atoms with E-state index >= 15 is 0 Å². The highest BCUT2D eigenvalue weighted by atomic mass is 32.2. The predicted octanol–water partition coefficient (Wildman–Crippen LogP) is 4.69. The smallest absolute Gasteiger partial charge is 0.139 e. The number of thioether (sulfide) groups is 1. The topological polar surface area (TPSA) is 57.7 Å². The van der Waals surface area contributed by atoms with Crippen molar-refractivity contribution in [2.75, 3.05) is 17.3 Å². The molecule has 138 valence electrons. The molecule has 0 aliphatic carbocycles. The van der Waals surface area contributed by atoms with Crippen LogP contribution in [0.4, 0.5) is 5.69 Å². The number of nitrogens with zero attached hydrogens (tertiary/aromatic N) is 5. The molecular weight excluding hydrogens is 354 g/mol. The first kappa shape index (κ1) is 19.0. The first-order chi connectivity index (χ1) is 13.3. The molecule has 3 rings (SSSR count). The summed E-state index contributed by atoms with van der Waals surface area (Å²) in [5.74, 6) is 1.13. The third-order valence-corrected chi connectivity index (χ3v) is 5.38. The van der Waals surface area contributed by atoms with Crippen LogP contribution in [-0.2, 0) is 0 Å². The Hall–Kier alpha value is -2.78. The zero-order valence-corrected chi connectivity index (χ0v) is 16.3. The Morgan fingerprint density at radius 1 is 0.963 bits per heavy atom. The number of rotatable bonds is 9. The Kier molecular flexibility index (Phi) is 6.89. The van der Waals surface area contributed by atoms with Crippen LogP contribution in [0.25, 0.3) is 0 Å². The van der Waals surface area contributed by atoms with Crippen molar-refractivity contribution in [3.05, 3.63) is 72.3 Å². The van der Waals surface area contributed by atoms with Crippen molar-refractivity contribution in [3.63, 3.8) is 0 Å². The van der Waals surface area contributed by atoms with E-state index in [9.17, 15) is 0 Å². The molecule has 2 aromatic carbocycles. The number of nitriles is 1. The molecule has 0 saturated carbocycles. The summed E-state index contributed by atoms with van der Waals surface area (Å²) in [6.45, 7) is 2.99. The lowest BCUT2D eigenvalue weighted by atomic mass is 10.2. The minimum absolute atomic E-state index is 0.663. The molecule has 6 heteroatoms. The van der Waals surface area contributed by atoms with E-state index in [1.807, 2.05) is 40.7 Å². The lowest BCUT2D eigenvalue weighted by Crippen LogP contribution is -2.29. The highest BCUT2D eigenvalue weighted by molar-refractivity contribution is 7.99. The Balaban J connectivity index is 1.48. The van der Waals surface area contributed by atoms with Gasteiger partial charge in [-0.05, 0) is 61.9 Å². The number of benzene rings is 2. The van der Waals surface area contributed by atoms with Crippen molar-refractivity contribution in [2.45, 2.75) is 31.1 Å².